The first-order chi connectivity index (χ1) is 8.77. The van der Waals surface area contributed by atoms with Crippen molar-refractivity contribution in [3.05, 3.63) is 29.8 Å². The summed E-state index contributed by atoms with van der Waals surface area (Å²) in [5.74, 6) is -1.10. The molecule has 1 aliphatic heterocycles. The van der Waals surface area contributed by atoms with Crippen LogP contribution in [0.1, 0.15) is 29.6 Å². The van der Waals surface area contributed by atoms with E-state index in [9.17, 15) is 9.18 Å². The summed E-state index contributed by atoms with van der Waals surface area (Å²) in [4.78, 5) is 17.5. The maximum atomic E-state index is 13.2. The quantitative estimate of drug-likeness (QED) is 0.636. The van der Waals surface area contributed by atoms with E-state index in [4.69, 9.17) is 0 Å². The first-order valence-electron chi connectivity index (χ1n) is 6.38. The van der Waals surface area contributed by atoms with Gasteiger partial charge >= 0.3 is 0 Å². The average Bonchev–Trinajstić information content (AvgIpc) is 2.88. The van der Waals surface area contributed by atoms with E-state index >= 15 is 0 Å². The maximum absolute atomic E-state index is 13.2. The number of pyridine rings is 1. The van der Waals surface area contributed by atoms with Crippen molar-refractivity contribution in [2.75, 3.05) is 26.2 Å². The lowest BCUT2D eigenvalue weighted by Gasteiger charge is -2.14. The molecule has 5 heteroatoms. The van der Waals surface area contributed by atoms with Gasteiger partial charge < -0.3 is 10.2 Å². The highest BCUT2D eigenvalue weighted by molar-refractivity contribution is 5.94. The monoisotopic (exact) mass is 251 g/mol. The minimum atomic E-state index is -0.713. The molecule has 1 fully saturated rings. The van der Waals surface area contributed by atoms with Crippen LogP contribution in [0.2, 0.25) is 0 Å². The van der Waals surface area contributed by atoms with E-state index in [1.807, 2.05) is 0 Å². The summed E-state index contributed by atoms with van der Waals surface area (Å²) in [7, 11) is 0. The van der Waals surface area contributed by atoms with Gasteiger partial charge in [0.1, 0.15) is 0 Å². The highest BCUT2D eigenvalue weighted by Crippen LogP contribution is 2.07. The van der Waals surface area contributed by atoms with E-state index in [-0.39, 0.29) is 11.5 Å². The van der Waals surface area contributed by atoms with E-state index in [1.165, 1.54) is 25.1 Å². The standard InChI is InChI=1S/C13H18FN3O/c14-12-11(5-3-6-15-12)13(18)16-7-4-10-17-8-1-2-9-17/h3,5-6H,1-2,4,7-10H2,(H,16,18). The van der Waals surface area contributed by atoms with Gasteiger partial charge in [-0.05, 0) is 51.0 Å². The molecule has 18 heavy (non-hydrogen) atoms. The SMILES string of the molecule is O=C(NCCCN1CCCC1)c1cccnc1F. The van der Waals surface area contributed by atoms with Crippen molar-refractivity contribution in [1.82, 2.24) is 15.2 Å². The van der Waals surface area contributed by atoms with Gasteiger partial charge in [0.2, 0.25) is 5.95 Å². The van der Waals surface area contributed by atoms with Crippen LogP contribution in [0.25, 0.3) is 0 Å². The van der Waals surface area contributed by atoms with E-state index in [2.05, 4.69) is 15.2 Å². The first kappa shape index (κ1) is 13.0. The molecule has 98 valence electrons. The van der Waals surface area contributed by atoms with Crippen LogP contribution < -0.4 is 5.32 Å². The predicted molar refractivity (Wildman–Crippen MR) is 66.8 cm³/mol. The van der Waals surface area contributed by atoms with E-state index in [0.29, 0.717) is 6.54 Å². The fourth-order valence-electron chi connectivity index (χ4n) is 2.16. The van der Waals surface area contributed by atoms with Crippen molar-refractivity contribution in [3.63, 3.8) is 0 Å². The molecule has 0 bridgehead atoms. The summed E-state index contributed by atoms with van der Waals surface area (Å²) >= 11 is 0. The molecule has 1 aliphatic rings. The summed E-state index contributed by atoms with van der Waals surface area (Å²) in [5, 5.41) is 2.72. The molecule has 0 aromatic carbocycles. The molecule has 1 N–H and O–H groups in total. The predicted octanol–water partition coefficient (Wildman–Crippen LogP) is 1.44. The van der Waals surface area contributed by atoms with Crippen LogP contribution in [0.3, 0.4) is 0 Å². The second-order valence-corrected chi connectivity index (χ2v) is 4.50. The van der Waals surface area contributed by atoms with Crippen LogP contribution in [-0.4, -0.2) is 42.0 Å². The van der Waals surface area contributed by atoms with Crippen LogP contribution in [-0.2, 0) is 0 Å². The summed E-state index contributed by atoms with van der Waals surface area (Å²) in [6, 6.07) is 3.00. The molecule has 1 aromatic heterocycles. The van der Waals surface area contributed by atoms with E-state index < -0.39 is 5.95 Å². The molecule has 2 heterocycles. The van der Waals surface area contributed by atoms with E-state index in [0.717, 1.165) is 26.1 Å². The van der Waals surface area contributed by atoms with E-state index in [1.54, 1.807) is 6.07 Å². The van der Waals surface area contributed by atoms with Crippen LogP contribution in [0.5, 0.6) is 0 Å². The molecule has 0 atom stereocenters. The van der Waals surface area contributed by atoms with Crippen molar-refractivity contribution in [2.24, 2.45) is 0 Å². The zero-order valence-corrected chi connectivity index (χ0v) is 10.4. The maximum Gasteiger partial charge on any atom is 0.255 e. The topological polar surface area (TPSA) is 45.2 Å². The summed E-state index contributed by atoms with van der Waals surface area (Å²) in [6.07, 6.45) is 4.77. The number of amides is 1. The molecule has 1 saturated heterocycles. The van der Waals surface area contributed by atoms with Gasteiger partial charge in [0, 0.05) is 12.7 Å². The Hall–Kier alpha value is -1.49. The molecule has 0 saturated carbocycles. The Labute approximate surface area is 106 Å². The normalized spacial score (nSPS) is 15.8. The second-order valence-electron chi connectivity index (χ2n) is 4.50. The molecule has 4 nitrogen and oxygen atoms in total. The zero-order valence-electron chi connectivity index (χ0n) is 10.4. The molecule has 0 unspecified atom stereocenters. The second kappa shape index (κ2) is 6.44. The fourth-order valence-corrected chi connectivity index (χ4v) is 2.16. The lowest BCUT2D eigenvalue weighted by molar-refractivity contribution is 0.0947. The Kier molecular flexibility index (Phi) is 4.64. The Bertz CT molecular complexity index is 405. The Balaban J connectivity index is 1.70. The lowest BCUT2D eigenvalue weighted by atomic mass is 10.2. The average molecular weight is 251 g/mol. The molecule has 2 rings (SSSR count). The van der Waals surface area contributed by atoms with Gasteiger partial charge in [-0.15, -0.1) is 0 Å². The molecule has 0 radical (unpaired) electrons. The van der Waals surface area contributed by atoms with Gasteiger partial charge in [-0.3, -0.25) is 4.79 Å². The number of carbonyl (C=O) groups excluding carboxylic acids is 1. The minimum Gasteiger partial charge on any atom is -0.352 e. The third kappa shape index (κ3) is 3.50. The van der Waals surface area contributed by atoms with Gasteiger partial charge in [-0.2, -0.15) is 4.39 Å². The number of halogens is 1. The number of nitrogens with one attached hydrogen (secondary N) is 1. The number of rotatable bonds is 5. The van der Waals surface area contributed by atoms with Gasteiger partial charge in [0.05, 0.1) is 5.56 Å². The van der Waals surface area contributed by atoms with Crippen molar-refractivity contribution in [3.8, 4) is 0 Å². The summed E-state index contributed by atoms with van der Waals surface area (Å²) in [5.41, 5.74) is 0.0127. The first-order valence-corrected chi connectivity index (χ1v) is 6.38. The third-order valence-electron chi connectivity index (χ3n) is 3.14. The fraction of sp³-hybridized carbons (Fsp3) is 0.538. The Morgan fingerprint density at radius 1 is 1.44 bits per heavy atom. The number of aromatic nitrogens is 1. The number of carbonyl (C=O) groups is 1. The van der Waals surface area contributed by atoms with Gasteiger partial charge in [0.25, 0.3) is 5.91 Å². The number of likely N-dealkylation sites (tertiary alicyclic amines) is 1. The van der Waals surface area contributed by atoms with Crippen molar-refractivity contribution >= 4 is 5.91 Å². The molecular formula is C13H18FN3O. The number of hydrogen-bond donors (Lipinski definition) is 1. The number of hydrogen-bond acceptors (Lipinski definition) is 3. The highest BCUT2D eigenvalue weighted by Gasteiger charge is 2.12. The van der Waals surface area contributed by atoms with Gasteiger partial charge in [0.15, 0.2) is 0 Å². The van der Waals surface area contributed by atoms with Crippen molar-refractivity contribution in [1.29, 1.82) is 0 Å². The van der Waals surface area contributed by atoms with Crippen molar-refractivity contribution < 1.29 is 9.18 Å². The van der Waals surface area contributed by atoms with Gasteiger partial charge in [-0.1, -0.05) is 0 Å². The molecule has 1 amide bonds. The molecular weight excluding hydrogens is 233 g/mol. The zero-order chi connectivity index (χ0) is 12.8. The van der Waals surface area contributed by atoms with Gasteiger partial charge in [-0.25, -0.2) is 4.98 Å². The lowest BCUT2D eigenvalue weighted by Crippen LogP contribution is -2.29. The third-order valence-corrected chi connectivity index (χ3v) is 3.14. The van der Waals surface area contributed by atoms with Crippen LogP contribution in [0.4, 0.5) is 4.39 Å². The summed E-state index contributed by atoms with van der Waals surface area (Å²) in [6.45, 7) is 3.88. The summed E-state index contributed by atoms with van der Waals surface area (Å²) < 4.78 is 13.2. The largest absolute Gasteiger partial charge is 0.352 e. The van der Waals surface area contributed by atoms with Crippen molar-refractivity contribution in [2.45, 2.75) is 19.3 Å². The number of nitrogens with zero attached hydrogens (tertiary/aromatic N) is 2. The molecule has 0 aliphatic carbocycles. The Morgan fingerprint density at radius 2 is 2.22 bits per heavy atom. The smallest absolute Gasteiger partial charge is 0.255 e. The minimum absolute atomic E-state index is 0.0127. The molecule has 0 spiro atoms. The van der Waals surface area contributed by atoms with Crippen LogP contribution in [0, 0.1) is 5.95 Å². The highest BCUT2D eigenvalue weighted by atomic mass is 19.1. The Morgan fingerprint density at radius 3 is 2.94 bits per heavy atom. The molecule has 1 aromatic rings. The van der Waals surface area contributed by atoms with Crippen LogP contribution >= 0.6 is 0 Å². The van der Waals surface area contributed by atoms with Crippen LogP contribution in [0.15, 0.2) is 18.3 Å².